The molecule has 1 N–H and O–H groups in total. The van der Waals surface area contributed by atoms with Crippen molar-refractivity contribution in [2.75, 3.05) is 13.2 Å². The second-order valence-electron chi connectivity index (χ2n) is 4.58. The number of aliphatic hydroxyl groups is 1. The summed E-state index contributed by atoms with van der Waals surface area (Å²) < 4.78 is 11.8. The Bertz CT molecular complexity index is 339. The highest BCUT2D eigenvalue weighted by Crippen LogP contribution is 2.34. The molecule has 1 fully saturated rings. The van der Waals surface area contributed by atoms with Gasteiger partial charge in [-0.25, -0.2) is 0 Å². The zero-order valence-electron chi connectivity index (χ0n) is 10.3. The Kier molecular flexibility index (Phi) is 4.15. The van der Waals surface area contributed by atoms with Gasteiger partial charge in [0.1, 0.15) is 0 Å². The van der Waals surface area contributed by atoms with Gasteiger partial charge in [-0.2, -0.15) is 0 Å². The SMILES string of the molecule is C[C@]1(c2ccccc2)OC[C@@H](CCCCO)O1. The van der Waals surface area contributed by atoms with Crippen LogP contribution in [0.3, 0.4) is 0 Å². The van der Waals surface area contributed by atoms with Crippen molar-refractivity contribution in [3.8, 4) is 0 Å². The maximum atomic E-state index is 8.75. The number of rotatable bonds is 5. The van der Waals surface area contributed by atoms with Crippen LogP contribution in [0.1, 0.15) is 31.7 Å². The molecule has 1 saturated heterocycles. The van der Waals surface area contributed by atoms with Gasteiger partial charge in [-0.3, -0.25) is 0 Å². The Balaban J connectivity index is 1.92. The molecule has 3 heteroatoms. The van der Waals surface area contributed by atoms with Crippen LogP contribution in [0, 0.1) is 0 Å². The lowest BCUT2D eigenvalue weighted by Gasteiger charge is -2.23. The zero-order chi connectivity index (χ0) is 12.1. The average molecular weight is 236 g/mol. The number of unbranched alkanes of at least 4 members (excludes halogenated alkanes) is 1. The van der Waals surface area contributed by atoms with Gasteiger partial charge in [0, 0.05) is 12.2 Å². The van der Waals surface area contributed by atoms with E-state index in [4.69, 9.17) is 14.6 Å². The minimum atomic E-state index is -0.606. The predicted molar refractivity (Wildman–Crippen MR) is 65.6 cm³/mol. The maximum Gasteiger partial charge on any atom is 0.192 e. The molecule has 0 aliphatic carbocycles. The van der Waals surface area contributed by atoms with Gasteiger partial charge < -0.3 is 14.6 Å². The van der Waals surface area contributed by atoms with Crippen molar-refractivity contribution in [1.29, 1.82) is 0 Å². The summed E-state index contributed by atoms with van der Waals surface area (Å²) in [6.45, 7) is 2.86. The van der Waals surface area contributed by atoms with E-state index in [0.717, 1.165) is 24.8 Å². The standard InChI is InChI=1S/C14H20O3/c1-14(12-7-3-2-4-8-12)16-11-13(17-14)9-5-6-10-15/h2-4,7-8,13,15H,5-6,9-11H2,1H3/t13-,14+/m1/s1. The number of aliphatic hydroxyl groups excluding tert-OH is 1. The molecule has 0 amide bonds. The van der Waals surface area contributed by atoms with Gasteiger partial charge in [0.25, 0.3) is 0 Å². The van der Waals surface area contributed by atoms with Crippen LogP contribution in [-0.2, 0) is 15.3 Å². The highest BCUT2D eigenvalue weighted by molar-refractivity contribution is 5.20. The summed E-state index contributed by atoms with van der Waals surface area (Å²) in [6, 6.07) is 10.0. The smallest absolute Gasteiger partial charge is 0.192 e. The molecule has 2 rings (SSSR count). The summed E-state index contributed by atoms with van der Waals surface area (Å²) in [5.74, 6) is -0.606. The lowest BCUT2D eigenvalue weighted by molar-refractivity contribution is -0.162. The second-order valence-corrected chi connectivity index (χ2v) is 4.58. The summed E-state index contributed by atoms with van der Waals surface area (Å²) in [6.07, 6.45) is 2.91. The first-order valence-corrected chi connectivity index (χ1v) is 6.23. The number of hydrogen-bond donors (Lipinski definition) is 1. The van der Waals surface area contributed by atoms with Gasteiger partial charge in [-0.1, -0.05) is 30.3 Å². The Morgan fingerprint density at radius 2 is 2.06 bits per heavy atom. The van der Waals surface area contributed by atoms with Crippen molar-refractivity contribution in [2.45, 2.75) is 38.1 Å². The summed E-state index contributed by atoms with van der Waals surface area (Å²) in [4.78, 5) is 0. The second kappa shape index (κ2) is 5.63. The molecule has 3 nitrogen and oxygen atoms in total. The number of benzene rings is 1. The first-order valence-electron chi connectivity index (χ1n) is 6.23. The molecule has 2 atom stereocenters. The summed E-state index contributed by atoms with van der Waals surface area (Å²) in [5.41, 5.74) is 1.06. The molecule has 0 saturated carbocycles. The van der Waals surface area contributed by atoms with Crippen molar-refractivity contribution >= 4 is 0 Å². The molecule has 0 spiro atoms. The quantitative estimate of drug-likeness (QED) is 0.798. The van der Waals surface area contributed by atoms with Crippen molar-refractivity contribution in [1.82, 2.24) is 0 Å². The molecule has 1 aliphatic heterocycles. The van der Waals surface area contributed by atoms with E-state index in [9.17, 15) is 0 Å². The van der Waals surface area contributed by atoms with E-state index in [-0.39, 0.29) is 12.7 Å². The Morgan fingerprint density at radius 3 is 2.76 bits per heavy atom. The van der Waals surface area contributed by atoms with Crippen LogP contribution >= 0.6 is 0 Å². The van der Waals surface area contributed by atoms with E-state index in [1.807, 2.05) is 37.3 Å². The van der Waals surface area contributed by atoms with E-state index in [1.54, 1.807) is 0 Å². The summed E-state index contributed by atoms with van der Waals surface area (Å²) in [5, 5.41) is 8.75. The molecule has 1 aromatic carbocycles. The first kappa shape index (κ1) is 12.6. The Hall–Kier alpha value is -0.900. The fraction of sp³-hybridized carbons (Fsp3) is 0.571. The summed E-state index contributed by atoms with van der Waals surface area (Å²) in [7, 11) is 0. The molecule has 1 heterocycles. The van der Waals surface area contributed by atoms with E-state index in [0.29, 0.717) is 6.61 Å². The van der Waals surface area contributed by atoms with Crippen LogP contribution in [-0.4, -0.2) is 24.4 Å². The van der Waals surface area contributed by atoms with Crippen LogP contribution in [0.15, 0.2) is 30.3 Å². The normalized spacial score (nSPS) is 28.5. The van der Waals surface area contributed by atoms with E-state index >= 15 is 0 Å². The van der Waals surface area contributed by atoms with Gasteiger partial charge >= 0.3 is 0 Å². The minimum absolute atomic E-state index is 0.145. The molecule has 1 aromatic rings. The molecule has 1 aliphatic rings. The third-order valence-corrected chi connectivity index (χ3v) is 3.17. The van der Waals surface area contributed by atoms with E-state index < -0.39 is 5.79 Å². The van der Waals surface area contributed by atoms with Crippen molar-refractivity contribution < 1.29 is 14.6 Å². The molecular formula is C14H20O3. The Labute approximate surface area is 102 Å². The van der Waals surface area contributed by atoms with Crippen LogP contribution in [0.5, 0.6) is 0 Å². The van der Waals surface area contributed by atoms with Crippen molar-refractivity contribution in [2.24, 2.45) is 0 Å². The molecule has 94 valence electrons. The highest BCUT2D eigenvalue weighted by atomic mass is 16.7. The minimum Gasteiger partial charge on any atom is -0.396 e. The fourth-order valence-electron chi connectivity index (χ4n) is 2.16. The number of hydrogen-bond acceptors (Lipinski definition) is 3. The molecular weight excluding hydrogens is 216 g/mol. The molecule has 0 aromatic heterocycles. The maximum absolute atomic E-state index is 8.75. The van der Waals surface area contributed by atoms with Crippen LogP contribution < -0.4 is 0 Å². The van der Waals surface area contributed by atoms with Crippen LogP contribution in [0.2, 0.25) is 0 Å². The van der Waals surface area contributed by atoms with Gasteiger partial charge in [-0.15, -0.1) is 0 Å². The van der Waals surface area contributed by atoms with Crippen molar-refractivity contribution in [3.05, 3.63) is 35.9 Å². The third kappa shape index (κ3) is 3.06. The lowest BCUT2D eigenvalue weighted by atomic mass is 10.1. The lowest BCUT2D eigenvalue weighted by Crippen LogP contribution is -2.23. The molecule has 0 bridgehead atoms. The topological polar surface area (TPSA) is 38.7 Å². The molecule has 0 radical (unpaired) electrons. The predicted octanol–water partition coefficient (Wildman–Crippen LogP) is 2.44. The highest BCUT2D eigenvalue weighted by Gasteiger charge is 2.38. The zero-order valence-corrected chi connectivity index (χ0v) is 10.3. The van der Waals surface area contributed by atoms with E-state index in [2.05, 4.69) is 0 Å². The van der Waals surface area contributed by atoms with Gasteiger partial charge in [0.15, 0.2) is 5.79 Å². The van der Waals surface area contributed by atoms with Gasteiger partial charge in [0.2, 0.25) is 0 Å². The van der Waals surface area contributed by atoms with Crippen LogP contribution in [0.4, 0.5) is 0 Å². The molecule has 17 heavy (non-hydrogen) atoms. The first-order chi connectivity index (χ1) is 8.24. The van der Waals surface area contributed by atoms with Gasteiger partial charge in [-0.05, 0) is 26.2 Å². The van der Waals surface area contributed by atoms with Crippen molar-refractivity contribution in [3.63, 3.8) is 0 Å². The number of ether oxygens (including phenoxy) is 2. The van der Waals surface area contributed by atoms with Crippen LogP contribution in [0.25, 0.3) is 0 Å². The van der Waals surface area contributed by atoms with Gasteiger partial charge in [0.05, 0.1) is 12.7 Å². The Morgan fingerprint density at radius 1 is 1.29 bits per heavy atom. The largest absolute Gasteiger partial charge is 0.396 e. The fourth-order valence-corrected chi connectivity index (χ4v) is 2.16. The summed E-state index contributed by atoms with van der Waals surface area (Å²) >= 11 is 0. The van der Waals surface area contributed by atoms with E-state index in [1.165, 1.54) is 0 Å². The third-order valence-electron chi connectivity index (χ3n) is 3.17. The monoisotopic (exact) mass is 236 g/mol. The average Bonchev–Trinajstić information content (AvgIpc) is 2.74. The molecule has 0 unspecified atom stereocenters.